The number of amides is 3. The van der Waals surface area contributed by atoms with E-state index in [0.29, 0.717) is 38.6 Å². The lowest BCUT2D eigenvalue weighted by atomic mass is 9.88. The maximum atomic E-state index is 14.0. The third kappa shape index (κ3) is 12.3. The molecular formula is C39H56N6O6. The SMILES string of the molecule is CC(C)C[C@@H](CC(=O)[C@@H](Cc1ccccc1)NC(=O)[C@H](N)Cc1ccccc1)C(=O)N[C@H](CCCCN)C(=O)N1CCC(N)(C(=O)OC2CC2)C1. The molecule has 2 aromatic rings. The Morgan fingerprint density at radius 2 is 1.49 bits per heavy atom. The highest BCUT2D eigenvalue weighted by atomic mass is 16.6. The summed E-state index contributed by atoms with van der Waals surface area (Å²) in [5, 5.41) is 5.83. The van der Waals surface area contributed by atoms with Gasteiger partial charge in [-0.25, -0.2) is 4.79 Å². The average Bonchev–Trinajstić information content (AvgIpc) is 3.84. The number of ketones is 1. The minimum atomic E-state index is -1.29. The molecule has 4 rings (SSSR count). The van der Waals surface area contributed by atoms with E-state index < -0.39 is 47.4 Å². The van der Waals surface area contributed by atoms with E-state index in [-0.39, 0.29) is 56.1 Å². The van der Waals surface area contributed by atoms with Crippen molar-refractivity contribution in [3.05, 3.63) is 71.8 Å². The Hall–Kier alpha value is -4.13. The number of hydrogen-bond acceptors (Lipinski definition) is 9. The fourth-order valence-electron chi connectivity index (χ4n) is 6.47. The summed E-state index contributed by atoms with van der Waals surface area (Å²) in [6.07, 6.45) is 4.21. The standard InChI is InChI=1S/C39H56N6O6/c1-26(2)21-29(24-34(46)33(23-28-13-7-4-8-14-28)44-36(48)31(41)22-27-11-5-3-6-12-27)35(47)43-32(15-9-10-19-40)37(49)45-20-18-39(42,25-45)38(50)51-30-16-17-30/h3-8,11-14,26,29-33H,9-10,15-25,40-42H2,1-2H3,(H,43,47)(H,44,48)/t29-,31+,32+,33+,39?/m0/s1. The molecular weight excluding hydrogens is 648 g/mol. The van der Waals surface area contributed by atoms with E-state index in [1.807, 2.05) is 74.5 Å². The summed E-state index contributed by atoms with van der Waals surface area (Å²) in [6.45, 7) is 4.63. The van der Waals surface area contributed by atoms with Crippen molar-refractivity contribution in [2.45, 2.75) is 108 Å². The Kier molecular flexibility index (Phi) is 14.7. The van der Waals surface area contributed by atoms with Crippen molar-refractivity contribution >= 4 is 29.5 Å². The molecule has 1 aliphatic heterocycles. The molecule has 0 aromatic heterocycles. The van der Waals surface area contributed by atoms with Gasteiger partial charge in [0.05, 0.1) is 12.1 Å². The molecule has 8 N–H and O–H groups in total. The molecule has 0 spiro atoms. The quantitative estimate of drug-likeness (QED) is 0.101. The van der Waals surface area contributed by atoms with Crippen LogP contribution in [0.5, 0.6) is 0 Å². The lowest BCUT2D eigenvalue weighted by Crippen LogP contribution is -2.54. The summed E-state index contributed by atoms with van der Waals surface area (Å²) >= 11 is 0. The number of hydrogen-bond donors (Lipinski definition) is 5. The molecule has 1 saturated heterocycles. The van der Waals surface area contributed by atoms with Gasteiger partial charge in [0.2, 0.25) is 17.7 Å². The van der Waals surface area contributed by atoms with E-state index in [4.69, 9.17) is 21.9 Å². The number of rotatable bonds is 20. The van der Waals surface area contributed by atoms with Crippen molar-refractivity contribution in [3.63, 3.8) is 0 Å². The topological polar surface area (TPSA) is 200 Å². The van der Waals surface area contributed by atoms with E-state index in [1.165, 1.54) is 4.90 Å². The molecule has 1 unspecified atom stereocenters. The highest BCUT2D eigenvalue weighted by Crippen LogP contribution is 2.29. The summed E-state index contributed by atoms with van der Waals surface area (Å²) in [7, 11) is 0. The normalized spacial score (nSPS) is 19.5. The second-order valence-corrected chi connectivity index (χ2v) is 14.7. The molecule has 0 bridgehead atoms. The van der Waals surface area contributed by atoms with Gasteiger partial charge in [-0.2, -0.15) is 0 Å². The number of carbonyl (C=O) groups is 5. The number of unbranched alkanes of at least 4 members (excludes halogenated alkanes) is 1. The Bertz CT molecular complexity index is 1470. The number of carbonyl (C=O) groups excluding carboxylic acids is 5. The lowest BCUT2D eigenvalue weighted by Gasteiger charge is -2.28. The van der Waals surface area contributed by atoms with E-state index in [0.717, 1.165) is 24.0 Å². The second-order valence-electron chi connectivity index (χ2n) is 14.7. The molecule has 0 radical (unpaired) electrons. The van der Waals surface area contributed by atoms with Crippen LogP contribution in [0.1, 0.15) is 76.3 Å². The summed E-state index contributed by atoms with van der Waals surface area (Å²) in [6, 6.07) is 16.1. The van der Waals surface area contributed by atoms with Gasteiger partial charge in [-0.3, -0.25) is 19.2 Å². The number of benzene rings is 2. The molecule has 278 valence electrons. The zero-order valence-corrected chi connectivity index (χ0v) is 30.1. The monoisotopic (exact) mass is 704 g/mol. The van der Waals surface area contributed by atoms with Gasteiger partial charge in [0, 0.05) is 25.4 Å². The van der Waals surface area contributed by atoms with Crippen molar-refractivity contribution in [2.24, 2.45) is 29.0 Å². The Morgan fingerprint density at radius 1 is 0.882 bits per heavy atom. The molecule has 1 heterocycles. The number of ether oxygens (including phenoxy) is 1. The van der Waals surface area contributed by atoms with Gasteiger partial charge < -0.3 is 37.5 Å². The van der Waals surface area contributed by atoms with Gasteiger partial charge in [-0.1, -0.05) is 74.5 Å². The minimum Gasteiger partial charge on any atom is -0.461 e. The van der Waals surface area contributed by atoms with Crippen LogP contribution in [0, 0.1) is 11.8 Å². The van der Waals surface area contributed by atoms with Crippen LogP contribution in [0.2, 0.25) is 0 Å². The molecule has 1 aliphatic carbocycles. The van der Waals surface area contributed by atoms with Crippen LogP contribution in [-0.4, -0.2) is 83.8 Å². The maximum absolute atomic E-state index is 14.0. The highest BCUT2D eigenvalue weighted by molar-refractivity contribution is 5.95. The number of nitrogens with two attached hydrogens (primary N) is 3. The Labute approximate surface area is 301 Å². The van der Waals surface area contributed by atoms with Crippen molar-refractivity contribution in [1.82, 2.24) is 15.5 Å². The lowest BCUT2D eigenvalue weighted by molar-refractivity contribution is -0.151. The average molecular weight is 705 g/mol. The number of likely N-dealkylation sites (tertiary alicyclic amines) is 1. The molecule has 1 saturated carbocycles. The highest BCUT2D eigenvalue weighted by Gasteiger charge is 2.47. The predicted octanol–water partition coefficient (Wildman–Crippen LogP) is 2.15. The Balaban J connectivity index is 1.47. The first-order chi connectivity index (χ1) is 24.4. The zero-order valence-electron chi connectivity index (χ0n) is 30.1. The number of nitrogens with one attached hydrogen (secondary N) is 2. The summed E-state index contributed by atoms with van der Waals surface area (Å²) < 4.78 is 5.46. The van der Waals surface area contributed by atoms with Gasteiger partial charge in [0.15, 0.2) is 5.78 Å². The smallest absolute Gasteiger partial charge is 0.328 e. The van der Waals surface area contributed by atoms with Crippen molar-refractivity contribution in [3.8, 4) is 0 Å². The van der Waals surface area contributed by atoms with Crippen LogP contribution in [0.4, 0.5) is 0 Å². The van der Waals surface area contributed by atoms with Crippen molar-refractivity contribution in [2.75, 3.05) is 19.6 Å². The fourth-order valence-corrected chi connectivity index (χ4v) is 6.47. The van der Waals surface area contributed by atoms with E-state index in [1.54, 1.807) is 0 Å². The first-order valence-corrected chi connectivity index (χ1v) is 18.3. The van der Waals surface area contributed by atoms with Gasteiger partial charge in [0.1, 0.15) is 17.7 Å². The van der Waals surface area contributed by atoms with Crippen molar-refractivity contribution < 1.29 is 28.7 Å². The van der Waals surface area contributed by atoms with Gasteiger partial charge >= 0.3 is 5.97 Å². The third-order valence-electron chi connectivity index (χ3n) is 9.58. The summed E-state index contributed by atoms with van der Waals surface area (Å²) in [5.74, 6) is -2.69. The summed E-state index contributed by atoms with van der Waals surface area (Å²) in [5.41, 5.74) is 18.9. The number of esters is 1. The predicted molar refractivity (Wildman–Crippen MR) is 195 cm³/mol. The van der Waals surface area contributed by atoms with Crippen LogP contribution in [-0.2, 0) is 41.6 Å². The minimum absolute atomic E-state index is 0.00181. The van der Waals surface area contributed by atoms with Crippen LogP contribution < -0.4 is 27.8 Å². The van der Waals surface area contributed by atoms with Gasteiger partial charge in [0.25, 0.3) is 0 Å². The molecule has 51 heavy (non-hydrogen) atoms. The summed E-state index contributed by atoms with van der Waals surface area (Å²) in [4.78, 5) is 69.5. The molecule has 12 nitrogen and oxygen atoms in total. The van der Waals surface area contributed by atoms with Crippen LogP contribution in [0.3, 0.4) is 0 Å². The number of Topliss-reactive ketones (excluding diaryl/α,β-unsaturated/α-hetero) is 1. The maximum Gasteiger partial charge on any atom is 0.328 e. The number of nitrogens with zero attached hydrogens (tertiary/aromatic N) is 1. The third-order valence-corrected chi connectivity index (χ3v) is 9.58. The zero-order chi connectivity index (χ0) is 37.0. The largest absolute Gasteiger partial charge is 0.461 e. The van der Waals surface area contributed by atoms with Gasteiger partial charge in [-0.15, -0.1) is 0 Å². The van der Waals surface area contributed by atoms with E-state index >= 15 is 0 Å². The van der Waals surface area contributed by atoms with E-state index in [9.17, 15) is 24.0 Å². The molecule has 2 aromatic carbocycles. The first-order valence-electron chi connectivity index (χ1n) is 18.3. The first kappa shape index (κ1) is 39.7. The molecule has 3 amide bonds. The molecule has 5 atom stereocenters. The molecule has 12 heteroatoms. The molecule has 2 aliphatic rings. The van der Waals surface area contributed by atoms with Crippen LogP contribution in [0.15, 0.2) is 60.7 Å². The van der Waals surface area contributed by atoms with Crippen molar-refractivity contribution in [1.29, 1.82) is 0 Å². The molecule has 2 fully saturated rings. The van der Waals surface area contributed by atoms with Crippen LogP contribution in [0.25, 0.3) is 0 Å². The second kappa shape index (κ2) is 18.9. The van der Waals surface area contributed by atoms with Gasteiger partial charge in [-0.05, 0) is 81.4 Å². The Morgan fingerprint density at radius 3 is 2.08 bits per heavy atom. The fraction of sp³-hybridized carbons (Fsp3) is 0.564. The van der Waals surface area contributed by atoms with E-state index in [2.05, 4.69) is 10.6 Å². The van der Waals surface area contributed by atoms with Crippen LogP contribution >= 0.6 is 0 Å².